The second-order valence-electron chi connectivity index (χ2n) is 3.18. The fourth-order valence-corrected chi connectivity index (χ4v) is 2.73. The maximum Gasteiger partial charge on any atom is 0.0589 e. The number of nitrogens with two attached hydrogens (primary N) is 1. The molecule has 2 N–H and O–H groups in total. The summed E-state index contributed by atoms with van der Waals surface area (Å²) in [5.74, 6) is 1.14. The third kappa shape index (κ3) is 4.33. The highest BCUT2D eigenvalue weighted by atomic mass is 32.2. The first-order chi connectivity index (χ1) is 5.93. The summed E-state index contributed by atoms with van der Waals surface area (Å²) in [5.41, 5.74) is 5.30. The Bertz CT molecular complexity index is 105. The number of hydrogen-bond donors (Lipinski definition) is 1. The van der Waals surface area contributed by atoms with Crippen molar-refractivity contribution in [3.8, 4) is 0 Å². The van der Waals surface area contributed by atoms with E-state index < -0.39 is 0 Å². The van der Waals surface area contributed by atoms with Gasteiger partial charge in [0.15, 0.2) is 0 Å². The van der Waals surface area contributed by atoms with Crippen molar-refractivity contribution in [3.05, 3.63) is 0 Å². The van der Waals surface area contributed by atoms with Gasteiger partial charge in [0, 0.05) is 17.5 Å². The summed E-state index contributed by atoms with van der Waals surface area (Å²) in [4.78, 5) is 0. The highest BCUT2D eigenvalue weighted by Crippen LogP contribution is 2.28. The van der Waals surface area contributed by atoms with Gasteiger partial charge in [0.1, 0.15) is 0 Å². The summed E-state index contributed by atoms with van der Waals surface area (Å²) in [7, 11) is 0. The molecule has 1 aliphatic carbocycles. The SMILES string of the molecule is NCCOCCSC1CCCC1. The Labute approximate surface area is 79.2 Å². The van der Waals surface area contributed by atoms with Crippen LogP contribution >= 0.6 is 11.8 Å². The monoisotopic (exact) mass is 189 g/mol. The molecule has 0 amide bonds. The van der Waals surface area contributed by atoms with Crippen LogP contribution in [0.15, 0.2) is 0 Å². The molecule has 0 radical (unpaired) electrons. The van der Waals surface area contributed by atoms with Crippen molar-refractivity contribution in [1.29, 1.82) is 0 Å². The molecule has 0 aromatic rings. The van der Waals surface area contributed by atoms with Crippen molar-refractivity contribution in [2.45, 2.75) is 30.9 Å². The van der Waals surface area contributed by atoms with Gasteiger partial charge >= 0.3 is 0 Å². The first-order valence-corrected chi connectivity index (χ1v) is 5.88. The van der Waals surface area contributed by atoms with E-state index in [2.05, 4.69) is 11.8 Å². The van der Waals surface area contributed by atoms with Gasteiger partial charge in [-0.3, -0.25) is 0 Å². The molecule has 2 nitrogen and oxygen atoms in total. The van der Waals surface area contributed by atoms with Crippen molar-refractivity contribution in [2.24, 2.45) is 5.73 Å². The molecule has 0 bridgehead atoms. The normalized spacial score (nSPS) is 18.8. The van der Waals surface area contributed by atoms with Crippen molar-refractivity contribution >= 4 is 11.8 Å². The maximum absolute atomic E-state index is 5.30. The van der Waals surface area contributed by atoms with Gasteiger partial charge in [-0.05, 0) is 12.8 Å². The molecule has 0 unspecified atom stereocenters. The lowest BCUT2D eigenvalue weighted by molar-refractivity contribution is 0.158. The fraction of sp³-hybridized carbons (Fsp3) is 1.00. The summed E-state index contributed by atoms with van der Waals surface area (Å²) in [6.07, 6.45) is 5.70. The van der Waals surface area contributed by atoms with Gasteiger partial charge in [-0.2, -0.15) is 11.8 Å². The zero-order valence-electron chi connectivity index (χ0n) is 7.63. The van der Waals surface area contributed by atoms with Crippen LogP contribution < -0.4 is 5.73 Å². The van der Waals surface area contributed by atoms with E-state index in [1.807, 2.05) is 0 Å². The van der Waals surface area contributed by atoms with E-state index in [0.29, 0.717) is 13.2 Å². The third-order valence-electron chi connectivity index (χ3n) is 2.15. The number of ether oxygens (including phenoxy) is 1. The van der Waals surface area contributed by atoms with Crippen LogP contribution in [0.1, 0.15) is 25.7 Å². The number of hydrogen-bond acceptors (Lipinski definition) is 3. The first-order valence-electron chi connectivity index (χ1n) is 4.83. The summed E-state index contributed by atoms with van der Waals surface area (Å²) < 4.78 is 5.30. The molecule has 0 aromatic carbocycles. The van der Waals surface area contributed by atoms with Crippen molar-refractivity contribution < 1.29 is 4.74 Å². The van der Waals surface area contributed by atoms with Crippen molar-refractivity contribution in [1.82, 2.24) is 0 Å². The molecule has 0 atom stereocenters. The largest absolute Gasteiger partial charge is 0.379 e. The van der Waals surface area contributed by atoms with E-state index in [0.717, 1.165) is 17.6 Å². The lowest BCUT2D eigenvalue weighted by Gasteiger charge is -2.07. The van der Waals surface area contributed by atoms with E-state index in [-0.39, 0.29) is 0 Å². The lowest BCUT2D eigenvalue weighted by Crippen LogP contribution is -2.10. The molecular weight excluding hydrogens is 170 g/mol. The van der Waals surface area contributed by atoms with Crippen LogP contribution in [-0.2, 0) is 4.74 Å². The molecule has 0 aliphatic heterocycles. The average molecular weight is 189 g/mol. The predicted molar refractivity (Wildman–Crippen MR) is 54.6 cm³/mol. The standard InChI is InChI=1S/C9H19NOS/c10-5-6-11-7-8-12-9-3-1-2-4-9/h9H,1-8,10H2. The molecule has 72 valence electrons. The summed E-state index contributed by atoms with van der Waals surface area (Å²) in [5, 5.41) is 0.923. The molecular formula is C9H19NOS. The Morgan fingerprint density at radius 1 is 1.25 bits per heavy atom. The zero-order chi connectivity index (χ0) is 8.65. The highest BCUT2D eigenvalue weighted by molar-refractivity contribution is 7.99. The van der Waals surface area contributed by atoms with Gasteiger partial charge in [0.05, 0.1) is 13.2 Å². The molecule has 12 heavy (non-hydrogen) atoms. The predicted octanol–water partition coefficient (Wildman–Crippen LogP) is 1.64. The lowest BCUT2D eigenvalue weighted by atomic mass is 10.4. The van der Waals surface area contributed by atoms with Crippen LogP contribution in [-0.4, -0.2) is 30.8 Å². The fourth-order valence-electron chi connectivity index (χ4n) is 1.51. The molecule has 1 saturated carbocycles. The molecule has 0 saturated heterocycles. The minimum absolute atomic E-state index is 0.647. The molecule has 0 aromatic heterocycles. The minimum Gasteiger partial charge on any atom is -0.379 e. The molecule has 0 spiro atoms. The molecule has 1 rings (SSSR count). The molecule has 1 aliphatic rings. The van der Waals surface area contributed by atoms with Crippen LogP contribution in [0.3, 0.4) is 0 Å². The van der Waals surface area contributed by atoms with E-state index in [1.54, 1.807) is 0 Å². The molecule has 1 fully saturated rings. The average Bonchev–Trinajstić information content (AvgIpc) is 2.57. The van der Waals surface area contributed by atoms with Gasteiger partial charge < -0.3 is 10.5 Å². The van der Waals surface area contributed by atoms with Gasteiger partial charge in [0.25, 0.3) is 0 Å². The smallest absolute Gasteiger partial charge is 0.0589 e. The van der Waals surface area contributed by atoms with Crippen LogP contribution in [0.5, 0.6) is 0 Å². The van der Waals surface area contributed by atoms with Crippen LogP contribution in [0.2, 0.25) is 0 Å². The van der Waals surface area contributed by atoms with E-state index in [1.165, 1.54) is 25.7 Å². The van der Waals surface area contributed by atoms with E-state index in [4.69, 9.17) is 10.5 Å². The van der Waals surface area contributed by atoms with Crippen LogP contribution in [0, 0.1) is 0 Å². The van der Waals surface area contributed by atoms with Gasteiger partial charge in [0.2, 0.25) is 0 Å². The van der Waals surface area contributed by atoms with E-state index in [9.17, 15) is 0 Å². The second-order valence-corrected chi connectivity index (χ2v) is 4.59. The Morgan fingerprint density at radius 2 is 2.00 bits per heavy atom. The van der Waals surface area contributed by atoms with E-state index >= 15 is 0 Å². The second kappa shape index (κ2) is 6.75. The zero-order valence-corrected chi connectivity index (χ0v) is 8.44. The molecule has 0 heterocycles. The van der Waals surface area contributed by atoms with Gasteiger partial charge in [-0.15, -0.1) is 0 Å². The van der Waals surface area contributed by atoms with Crippen LogP contribution in [0.25, 0.3) is 0 Å². The Balaban J connectivity index is 1.81. The number of thioether (sulfide) groups is 1. The van der Waals surface area contributed by atoms with Crippen LogP contribution in [0.4, 0.5) is 0 Å². The maximum atomic E-state index is 5.30. The van der Waals surface area contributed by atoms with Gasteiger partial charge in [-0.25, -0.2) is 0 Å². The first kappa shape index (κ1) is 10.4. The Kier molecular flexibility index (Phi) is 5.82. The van der Waals surface area contributed by atoms with Crippen molar-refractivity contribution in [2.75, 3.05) is 25.5 Å². The summed E-state index contributed by atoms with van der Waals surface area (Å²) in [6.45, 7) is 2.23. The quantitative estimate of drug-likeness (QED) is 0.645. The van der Waals surface area contributed by atoms with Crippen molar-refractivity contribution in [3.63, 3.8) is 0 Å². The number of rotatable bonds is 6. The Hall–Kier alpha value is 0.270. The topological polar surface area (TPSA) is 35.2 Å². The summed E-state index contributed by atoms with van der Waals surface area (Å²) in [6, 6.07) is 0. The third-order valence-corrected chi connectivity index (χ3v) is 3.49. The Morgan fingerprint density at radius 3 is 2.67 bits per heavy atom. The van der Waals surface area contributed by atoms with Gasteiger partial charge in [-0.1, -0.05) is 12.8 Å². The minimum atomic E-state index is 0.647. The highest BCUT2D eigenvalue weighted by Gasteiger charge is 2.14. The molecule has 3 heteroatoms. The summed E-state index contributed by atoms with van der Waals surface area (Å²) >= 11 is 2.07.